The Hall–Kier alpha value is -1.28. The van der Waals surface area contributed by atoms with Gasteiger partial charge in [-0.15, -0.1) is 11.8 Å². The molecule has 0 bridgehead atoms. The average molecular weight is 289 g/mol. The van der Waals surface area contributed by atoms with Crippen LogP contribution in [0.25, 0.3) is 0 Å². The molecule has 0 spiro atoms. The summed E-state index contributed by atoms with van der Waals surface area (Å²) in [5.74, 6) is -1.61. The molecule has 0 radical (unpaired) electrons. The van der Waals surface area contributed by atoms with Gasteiger partial charge in [0.15, 0.2) is 0 Å². The number of amides is 3. The number of hydrogen-bond donors (Lipinski definition) is 4. The van der Waals surface area contributed by atoms with Crippen molar-refractivity contribution in [3.05, 3.63) is 0 Å². The van der Waals surface area contributed by atoms with Gasteiger partial charge in [0.2, 0.25) is 5.91 Å². The minimum Gasteiger partial charge on any atom is -0.480 e. The molecule has 108 valence electrons. The van der Waals surface area contributed by atoms with Gasteiger partial charge < -0.3 is 16.2 Å². The lowest BCUT2D eigenvalue weighted by molar-refractivity contribution is -0.139. The number of rotatable bonds is 6. The number of carbonyl (C=O) groups excluding carboxylic acids is 2. The quantitative estimate of drug-likeness (QED) is 0.541. The second kappa shape index (κ2) is 6.25. The van der Waals surface area contributed by atoms with E-state index >= 15 is 0 Å². The SMILES string of the molecule is CC(C)(SCC(=O)NC(=O)NC1CC1)[C@@H](N)C(=O)O. The Balaban J connectivity index is 2.31. The summed E-state index contributed by atoms with van der Waals surface area (Å²) >= 11 is 1.10. The molecule has 1 rings (SSSR count). The van der Waals surface area contributed by atoms with Gasteiger partial charge in [-0.3, -0.25) is 14.9 Å². The van der Waals surface area contributed by atoms with Crippen molar-refractivity contribution in [2.75, 3.05) is 5.75 Å². The molecule has 19 heavy (non-hydrogen) atoms. The summed E-state index contributed by atoms with van der Waals surface area (Å²) in [4.78, 5) is 33.6. The lowest BCUT2D eigenvalue weighted by atomic mass is 10.1. The van der Waals surface area contributed by atoms with Gasteiger partial charge in [0.05, 0.1) is 5.75 Å². The van der Waals surface area contributed by atoms with Gasteiger partial charge >= 0.3 is 12.0 Å². The fraction of sp³-hybridized carbons (Fsp3) is 0.727. The minimum atomic E-state index is -1.12. The van der Waals surface area contributed by atoms with E-state index in [1.54, 1.807) is 13.8 Å². The van der Waals surface area contributed by atoms with Crippen LogP contribution >= 0.6 is 11.8 Å². The van der Waals surface area contributed by atoms with Crippen LogP contribution in [0.3, 0.4) is 0 Å². The molecule has 3 amide bonds. The van der Waals surface area contributed by atoms with Crippen LogP contribution in [0.5, 0.6) is 0 Å². The molecule has 0 unspecified atom stereocenters. The summed E-state index contributed by atoms with van der Waals surface area (Å²) in [7, 11) is 0. The molecule has 7 nitrogen and oxygen atoms in total. The predicted molar refractivity (Wildman–Crippen MR) is 71.8 cm³/mol. The van der Waals surface area contributed by atoms with E-state index in [-0.39, 0.29) is 11.8 Å². The van der Waals surface area contributed by atoms with E-state index in [2.05, 4.69) is 10.6 Å². The molecule has 1 saturated carbocycles. The van der Waals surface area contributed by atoms with Crippen LogP contribution < -0.4 is 16.4 Å². The maximum absolute atomic E-state index is 11.5. The van der Waals surface area contributed by atoms with Crippen molar-refractivity contribution in [2.45, 2.75) is 43.5 Å². The monoisotopic (exact) mass is 289 g/mol. The van der Waals surface area contributed by atoms with E-state index in [0.717, 1.165) is 24.6 Å². The lowest BCUT2D eigenvalue weighted by Gasteiger charge is -2.27. The van der Waals surface area contributed by atoms with Gasteiger partial charge in [-0.05, 0) is 26.7 Å². The molecule has 1 aliphatic carbocycles. The Morgan fingerprint density at radius 2 is 2.00 bits per heavy atom. The van der Waals surface area contributed by atoms with Crippen LogP contribution in [0.1, 0.15) is 26.7 Å². The highest BCUT2D eigenvalue weighted by molar-refractivity contribution is 8.01. The van der Waals surface area contributed by atoms with Gasteiger partial charge in [0.25, 0.3) is 0 Å². The van der Waals surface area contributed by atoms with Crippen molar-refractivity contribution in [3.63, 3.8) is 0 Å². The summed E-state index contributed by atoms with van der Waals surface area (Å²) in [6, 6.07) is -1.41. The van der Waals surface area contributed by atoms with Crippen molar-refractivity contribution >= 4 is 29.7 Å². The van der Waals surface area contributed by atoms with E-state index in [9.17, 15) is 14.4 Å². The van der Waals surface area contributed by atoms with Crippen LogP contribution in [0.15, 0.2) is 0 Å². The minimum absolute atomic E-state index is 0.0218. The van der Waals surface area contributed by atoms with Gasteiger partial charge in [-0.1, -0.05) is 0 Å². The Morgan fingerprint density at radius 3 is 2.47 bits per heavy atom. The zero-order valence-corrected chi connectivity index (χ0v) is 11.8. The maximum atomic E-state index is 11.5. The number of nitrogens with two attached hydrogens (primary N) is 1. The number of aliphatic carboxylic acids is 1. The number of carbonyl (C=O) groups is 3. The molecule has 1 aliphatic rings. The third-order valence-corrected chi connectivity index (χ3v) is 4.16. The highest BCUT2D eigenvalue weighted by atomic mass is 32.2. The highest BCUT2D eigenvalue weighted by Crippen LogP contribution is 2.27. The lowest BCUT2D eigenvalue weighted by Crippen LogP contribution is -2.48. The zero-order chi connectivity index (χ0) is 14.6. The smallest absolute Gasteiger partial charge is 0.321 e. The third-order valence-electron chi connectivity index (χ3n) is 2.76. The first kappa shape index (κ1) is 15.8. The molecule has 5 N–H and O–H groups in total. The normalized spacial score (nSPS) is 16.6. The first-order chi connectivity index (χ1) is 8.72. The molecule has 0 aromatic rings. The van der Waals surface area contributed by atoms with Crippen LogP contribution in [0, 0.1) is 0 Å². The van der Waals surface area contributed by atoms with E-state index in [4.69, 9.17) is 10.8 Å². The molecule has 0 heterocycles. The topological polar surface area (TPSA) is 122 Å². The molecule has 0 aromatic carbocycles. The second-order valence-corrected chi connectivity index (χ2v) is 6.63. The first-order valence-electron chi connectivity index (χ1n) is 5.95. The summed E-state index contributed by atoms with van der Waals surface area (Å²) in [6.45, 7) is 3.29. The van der Waals surface area contributed by atoms with Gasteiger partial charge in [0.1, 0.15) is 6.04 Å². The van der Waals surface area contributed by atoms with E-state index in [1.165, 1.54) is 0 Å². The van der Waals surface area contributed by atoms with Crippen LogP contribution in [0.4, 0.5) is 4.79 Å². The molecule has 8 heteroatoms. The Labute approximate surface area is 115 Å². The number of carboxylic acids is 1. The Morgan fingerprint density at radius 1 is 1.42 bits per heavy atom. The van der Waals surface area contributed by atoms with Crippen molar-refractivity contribution < 1.29 is 19.5 Å². The number of nitrogens with one attached hydrogen (secondary N) is 2. The van der Waals surface area contributed by atoms with E-state index in [1.807, 2.05) is 0 Å². The van der Waals surface area contributed by atoms with Gasteiger partial charge in [-0.2, -0.15) is 0 Å². The standard InChI is InChI=1S/C11H19N3O4S/c1-11(2,8(12)9(16)17)19-5-7(15)14-10(18)13-6-3-4-6/h6,8H,3-5,12H2,1-2H3,(H,16,17)(H2,13,14,15,18)/t8-/m0/s1. The number of hydrogen-bond acceptors (Lipinski definition) is 5. The summed E-state index contributed by atoms with van der Waals surface area (Å²) < 4.78 is -0.795. The molecule has 1 atom stereocenters. The van der Waals surface area contributed by atoms with Gasteiger partial charge in [-0.25, -0.2) is 4.79 Å². The molecule has 1 fully saturated rings. The second-order valence-electron chi connectivity index (χ2n) is 5.00. The summed E-state index contributed by atoms with van der Waals surface area (Å²) in [5, 5.41) is 13.6. The largest absolute Gasteiger partial charge is 0.480 e. The summed E-state index contributed by atoms with van der Waals surface area (Å²) in [6.07, 6.45) is 1.88. The summed E-state index contributed by atoms with van der Waals surface area (Å²) in [5.41, 5.74) is 5.52. The number of thioether (sulfide) groups is 1. The Bertz CT molecular complexity index is 382. The van der Waals surface area contributed by atoms with Crippen LogP contribution in [-0.2, 0) is 9.59 Å². The van der Waals surface area contributed by atoms with Crippen LogP contribution in [0.2, 0.25) is 0 Å². The Kier molecular flexibility index (Phi) is 5.19. The molecule has 0 aromatic heterocycles. The molecular weight excluding hydrogens is 270 g/mol. The fourth-order valence-corrected chi connectivity index (χ4v) is 2.11. The maximum Gasteiger partial charge on any atom is 0.321 e. The van der Waals surface area contributed by atoms with Crippen molar-refractivity contribution in [3.8, 4) is 0 Å². The average Bonchev–Trinajstić information content (AvgIpc) is 3.09. The van der Waals surface area contributed by atoms with Crippen LogP contribution in [-0.4, -0.2) is 45.6 Å². The molecule has 0 saturated heterocycles. The number of imide groups is 1. The number of urea groups is 1. The van der Waals surface area contributed by atoms with E-state index in [0.29, 0.717) is 0 Å². The van der Waals surface area contributed by atoms with Crippen molar-refractivity contribution in [2.24, 2.45) is 5.73 Å². The predicted octanol–water partition coefficient (Wildman–Crippen LogP) is -0.102. The highest BCUT2D eigenvalue weighted by Gasteiger charge is 2.33. The number of carboxylic acid groups (broad SMARTS) is 1. The van der Waals surface area contributed by atoms with E-state index < -0.39 is 28.7 Å². The molecular formula is C11H19N3O4S. The fourth-order valence-electron chi connectivity index (χ4n) is 1.25. The van der Waals surface area contributed by atoms with Crippen molar-refractivity contribution in [1.82, 2.24) is 10.6 Å². The first-order valence-corrected chi connectivity index (χ1v) is 6.93. The van der Waals surface area contributed by atoms with Crippen molar-refractivity contribution in [1.29, 1.82) is 0 Å². The third kappa shape index (κ3) is 5.48. The van der Waals surface area contributed by atoms with Gasteiger partial charge in [0, 0.05) is 10.8 Å². The molecule has 0 aliphatic heterocycles. The zero-order valence-electron chi connectivity index (χ0n) is 10.9.